The topological polar surface area (TPSA) is 135 Å². The van der Waals surface area contributed by atoms with Gasteiger partial charge in [-0.1, -0.05) is 0 Å². The fourth-order valence-electron chi connectivity index (χ4n) is 3.11. The molecule has 0 bridgehead atoms. The summed E-state index contributed by atoms with van der Waals surface area (Å²) < 4.78 is 26.1. The van der Waals surface area contributed by atoms with Crippen molar-refractivity contribution >= 4 is 35.4 Å². The average molecular weight is 437 g/mol. The summed E-state index contributed by atoms with van der Waals surface area (Å²) in [5, 5.41) is 10.5. The zero-order valence-corrected chi connectivity index (χ0v) is 20.8. The molecule has 0 spiro atoms. The SMILES string of the molecule is O=c1c2ccc(OP(=O)([O-])[O-])cc2oc2cc(N3CCOCC3)cc(O)c12.[Na+].[Na+]. The van der Waals surface area contributed by atoms with Gasteiger partial charge in [0, 0.05) is 37.0 Å². The molecule has 0 amide bonds. The van der Waals surface area contributed by atoms with Crippen LogP contribution in [0.15, 0.2) is 39.5 Å². The number of nitrogens with zero attached hydrogens (tertiary/aromatic N) is 1. The van der Waals surface area contributed by atoms with E-state index in [-0.39, 0.29) is 92.6 Å². The Labute approximate surface area is 209 Å². The Morgan fingerprint density at radius 2 is 1.76 bits per heavy atom. The van der Waals surface area contributed by atoms with Gasteiger partial charge in [0.25, 0.3) is 0 Å². The summed E-state index contributed by atoms with van der Waals surface area (Å²) >= 11 is 0. The van der Waals surface area contributed by atoms with Gasteiger partial charge in [-0.3, -0.25) is 4.79 Å². The van der Waals surface area contributed by atoms with Gasteiger partial charge in [-0.25, -0.2) is 0 Å². The molecule has 3 aromatic rings. The van der Waals surface area contributed by atoms with E-state index in [0.717, 1.165) is 6.07 Å². The second kappa shape index (κ2) is 9.70. The number of morpholine rings is 1. The number of aromatic hydroxyl groups is 1. The predicted octanol–water partition coefficient (Wildman–Crippen LogP) is -5.30. The number of rotatable bonds is 3. The molecule has 2 heterocycles. The van der Waals surface area contributed by atoms with Gasteiger partial charge in [0.05, 0.1) is 18.6 Å². The Bertz CT molecular complexity index is 1140. The molecule has 2 aromatic carbocycles. The number of benzene rings is 2. The summed E-state index contributed by atoms with van der Waals surface area (Å²) in [5.41, 5.74) is 0.369. The Morgan fingerprint density at radius 3 is 2.41 bits per heavy atom. The van der Waals surface area contributed by atoms with E-state index in [1.54, 1.807) is 6.07 Å². The molecule has 4 rings (SSSR count). The van der Waals surface area contributed by atoms with Gasteiger partial charge in [-0.2, -0.15) is 0 Å². The fourth-order valence-corrected chi connectivity index (χ4v) is 3.48. The number of phosphoric ester groups is 1. The smallest absolute Gasteiger partial charge is 0.780 e. The maximum Gasteiger partial charge on any atom is 1.00 e. The number of phosphoric acid groups is 1. The van der Waals surface area contributed by atoms with Crippen molar-refractivity contribution in [2.45, 2.75) is 0 Å². The molecule has 29 heavy (non-hydrogen) atoms. The van der Waals surface area contributed by atoms with Crippen molar-refractivity contribution in [2.24, 2.45) is 0 Å². The maximum atomic E-state index is 12.7. The molecule has 12 heteroatoms. The zero-order chi connectivity index (χ0) is 19.2. The van der Waals surface area contributed by atoms with Crippen LogP contribution >= 0.6 is 7.82 Å². The molecule has 142 valence electrons. The van der Waals surface area contributed by atoms with Crippen LogP contribution in [0.25, 0.3) is 21.9 Å². The Hall–Kier alpha value is -0.580. The van der Waals surface area contributed by atoms with Crippen molar-refractivity contribution in [3.63, 3.8) is 0 Å². The number of hydrogen-bond donors (Lipinski definition) is 1. The van der Waals surface area contributed by atoms with E-state index in [1.165, 1.54) is 18.2 Å². The van der Waals surface area contributed by atoms with Crippen LogP contribution in [0.5, 0.6) is 11.5 Å². The van der Waals surface area contributed by atoms with Gasteiger partial charge in [-0.05, 0) is 12.1 Å². The summed E-state index contributed by atoms with van der Waals surface area (Å²) in [6.45, 7) is 2.35. The van der Waals surface area contributed by atoms with E-state index in [2.05, 4.69) is 4.52 Å². The number of anilines is 1. The normalized spacial score (nSPS) is 14.3. The third-order valence-electron chi connectivity index (χ3n) is 4.30. The molecular weight excluding hydrogens is 423 g/mol. The van der Waals surface area contributed by atoms with Gasteiger partial charge < -0.3 is 38.0 Å². The van der Waals surface area contributed by atoms with E-state index >= 15 is 0 Å². The first-order valence-electron chi connectivity index (χ1n) is 8.10. The summed E-state index contributed by atoms with van der Waals surface area (Å²) in [6, 6.07) is 6.73. The molecule has 1 saturated heterocycles. The quantitative estimate of drug-likeness (QED) is 0.242. The minimum absolute atomic E-state index is 0. The molecule has 1 aromatic heterocycles. The van der Waals surface area contributed by atoms with Crippen LogP contribution in [-0.2, 0) is 9.30 Å². The van der Waals surface area contributed by atoms with Crippen molar-refractivity contribution < 1.29 is 92.3 Å². The second-order valence-corrected chi connectivity index (χ2v) is 7.14. The number of ether oxygens (including phenoxy) is 1. The third kappa shape index (κ3) is 5.37. The van der Waals surface area contributed by atoms with Gasteiger partial charge in [0.15, 0.2) is 0 Å². The molecule has 9 nitrogen and oxygen atoms in total. The summed E-state index contributed by atoms with van der Waals surface area (Å²) in [6.07, 6.45) is 0. The standard InChI is InChI=1S/C17H16NO8P.2Na/c19-13-7-10(18-3-5-24-6-4-18)8-15-16(13)17(20)12-2-1-11(9-14(12)25-15)26-27(21,22)23;;/h1-2,7-9,19H,3-6H2,(H2,21,22,23);;/q;2*+1/p-2. The van der Waals surface area contributed by atoms with Crippen molar-refractivity contribution in [3.05, 3.63) is 40.6 Å². The van der Waals surface area contributed by atoms with Crippen LogP contribution in [0, 0.1) is 0 Å². The Kier molecular flexibility index (Phi) is 8.26. The predicted molar refractivity (Wildman–Crippen MR) is 92.9 cm³/mol. The van der Waals surface area contributed by atoms with Crippen LogP contribution in [0.2, 0.25) is 0 Å². The van der Waals surface area contributed by atoms with Crippen LogP contribution in [0.1, 0.15) is 0 Å². The van der Waals surface area contributed by atoms with Gasteiger partial charge in [0.2, 0.25) is 5.43 Å². The van der Waals surface area contributed by atoms with E-state index in [0.29, 0.717) is 32.0 Å². The first-order valence-corrected chi connectivity index (χ1v) is 9.56. The van der Waals surface area contributed by atoms with Gasteiger partial charge >= 0.3 is 59.1 Å². The zero-order valence-electron chi connectivity index (χ0n) is 15.9. The van der Waals surface area contributed by atoms with E-state index in [9.17, 15) is 24.3 Å². The largest absolute Gasteiger partial charge is 1.00 e. The number of phenols is 1. The summed E-state index contributed by atoms with van der Waals surface area (Å²) in [7, 11) is -5.24. The maximum absolute atomic E-state index is 12.7. The third-order valence-corrected chi connectivity index (χ3v) is 4.74. The van der Waals surface area contributed by atoms with Gasteiger partial charge in [-0.15, -0.1) is 0 Å². The molecule has 0 saturated carbocycles. The molecule has 1 N–H and O–H groups in total. The van der Waals surface area contributed by atoms with Crippen LogP contribution in [0.3, 0.4) is 0 Å². The summed E-state index contributed by atoms with van der Waals surface area (Å²) in [4.78, 5) is 36.3. The molecule has 0 radical (unpaired) electrons. The van der Waals surface area contributed by atoms with E-state index in [1.807, 2.05) is 4.90 Å². The number of fused-ring (bicyclic) bond motifs is 2. The average Bonchev–Trinajstić information content (AvgIpc) is 2.60. The molecule has 1 aliphatic rings. The van der Waals surface area contributed by atoms with E-state index < -0.39 is 13.3 Å². The van der Waals surface area contributed by atoms with Crippen molar-refractivity contribution in [1.29, 1.82) is 0 Å². The number of phenolic OH excluding ortho intramolecular Hbond substituents is 1. The summed E-state index contributed by atoms with van der Waals surface area (Å²) in [5.74, 6) is -0.472. The van der Waals surface area contributed by atoms with Crippen molar-refractivity contribution in [2.75, 3.05) is 31.2 Å². The fraction of sp³-hybridized carbons (Fsp3) is 0.235. The first kappa shape index (κ1) is 24.7. The first-order chi connectivity index (χ1) is 12.8. The Morgan fingerprint density at radius 1 is 1.07 bits per heavy atom. The Balaban J connectivity index is 0.00000150. The minimum atomic E-state index is -5.24. The second-order valence-electron chi connectivity index (χ2n) is 6.07. The molecule has 0 unspecified atom stereocenters. The van der Waals surface area contributed by atoms with Crippen molar-refractivity contribution in [1.82, 2.24) is 0 Å². The van der Waals surface area contributed by atoms with Crippen LogP contribution in [0.4, 0.5) is 5.69 Å². The minimum Gasteiger partial charge on any atom is -0.780 e. The van der Waals surface area contributed by atoms with Gasteiger partial charge in [0.1, 0.15) is 35.9 Å². The van der Waals surface area contributed by atoms with Crippen LogP contribution < -0.4 is 83.8 Å². The molecule has 0 aliphatic carbocycles. The van der Waals surface area contributed by atoms with Crippen molar-refractivity contribution in [3.8, 4) is 11.5 Å². The molecular formula is C17H14NNa2O8P. The van der Waals surface area contributed by atoms with E-state index in [4.69, 9.17) is 9.15 Å². The molecule has 1 aliphatic heterocycles. The van der Waals surface area contributed by atoms with Crippen LogP contribution in [-0.4, -0.2) is 31.4 Å². The molecule has 0 atom stereocenters. The number of hydrogen-bond acceptors (Lipinski definition) is 9. The monoisotopic (exact) mass is 437 g/mol. The molecule has 1 fully saturated rings.